The molecule has 0 aliphatic carbocycles. The number of hydrogen-bond acceptors (Lipinski definition) is 2. The van der Waals surface area contributed by atoms with Gasteiger partial charge < -0.3 is 5.11 Å². The Morgan fingerprint density at radius 3 is 2.44 bits per heavy atom. The van der Waals surface area contributed by atoms with Crippen LogP contribution >= 0.6 is 0 Å². The molecular weight excluding hydrogens is 204 g/mol. The van der Waals surface area contributed by atoms with Gasteiger partial charge in [0, 0.05) is 12.0 Å². The molecule has 1 rings (SSSR count). The van der Waals surface area contributed by atoms with Crippen molar-refractivity contribution in [1.82, 2.24) is 0 Å². The van der Waals surface area contributed by atoms with Crippen LogP contribution in [0.25, 0.3) is 0 Å². The number of carbonyl (C=O) groups excluding carboxylic acids is 1. The van der Waals surface area contributed by atoms with Crippen LogP contribution in [0.3, 0.4) is 0 Å². The Labute approximate surface area is 95.1 Å². The van der Waals surface area contributed by atoms with Gasteiger partial charge in [-0.15, -0.1) is 0 Å². The predicted octanol–water partition coefficient (Wildman–Crippen LogP) is 2.60. The van der Waals surface area contributed by atoms with E-state index in [-0.39, 0.29) is 12.2 Å². The van der Waals surface area contributed by atoms with E-state index in [4.69, 9.17) is 5.11 Å². The van der Waals surface area contributed by atoms with E-state index in [1.54, 1.807) is 13.0 Å². The van der Waals surface area contributed by atoms with Gasteiger partial charge in [0.05, 0.1) is 5.92 Å². The van der Waals surface area contributed by atoms with Gasteiger partial charge in [-0.1, -0.05) is 30.7 Å². The van der Waals surface area contributed by atoms with Gasteiger partial charge in [0.1, 0.15) is 0 Å². The highest BCUT2D eigenvalue weighted by atomic mass is 16.4. The SMILES string of the molecule is Cc1ccc(C(=O)CC(C)C(=O)O)c(C)c1. The third-order valence-electron chi connectivity index (χ3n) is 2.60. The fraction of sp³-hybridized carbons (Fsp3) is 0.385. The quantitative estimate of drug-likeness (QED) is 0.793. The summed E-state index contributed by atoms with van der Waals surface area (Å²) >= 11 is 0. The first-order valence-corrected chi connectivity index (χ1v) is 5.25. The first-order valence-electron chi connectivity index (χ1n) is 5.25. The molecule has 0 saturated heterocycles. The smallest absolute Gasteiger partial charge is 0.306 e. The molecule has 1 aromatic rings. The van der Waals surface area contributed by atoms with E-state index in [0.29, 0.717) is 5.56 Å². The summed E-state index contributed by atoms with van der Waals surface area (Å²) in [6.45, 7) is 5.37. The summed E-state index contributed by atoms with van der Waals surface area (Å²) in [6, 6.07) is 5.56. The van der Waals surface area contributed by atoms with Crippen molar-refractivity contribution < 1.29 is 14.7 Å². The topological polar surface area (TPSA) is 54.4 Å². The van der Waals surface area contributed by atoms with Gasteiger partial charge in [0.25, 0.3) is 0 Å². The van der Waals surface area contributed by atoms with E-state index < -0.39 is 11.9 Å². The number of carbonyl (C=O) groups is 2. The number of aliphatic carboxylic acids is 1. The molecular formula is C13H16O3. The van der Waals surface area contributed by atoms with Crippen LogP contribution in [0.1, 0.15) is 34.8 Å². The minimum atomic E-state index is -0.932. The predicted molar refractivity (Wildman–Crippen MR) is 61.7 cm³/mol. The van der Waals surface area contributed by atoms with Crippen LogP contribution in [0.2, 0.25) is 0 Å². The lowest BCUT2D eigenvalue weighted by atomic mass is 9.96. The molecule has 0 bridgehead atoms. The van der Waals surface area contributed by atoms with Crippen LogP contribution in [0.5, 0.6) is 0 Å². The molecule has 1 N–H and O–H groups in total. The molecule has 1 aromatic carbocycles. The number of Topliss-reactive ketones (excluding diaryl/α,β-unsaturated/α-hetero) is 1. The van der Waals surface area contributed by atoms with Crippen molar-refractivity contribution in [1.29, 1.82) is 0 Å². The normalized spacial score (nSPS) is 12.2. The molecule has 0 radical (unpaired) electrons. The van der Waals surface area contributed by atoms with E-state index in [0.717, 1.165) is 11.1 Å². The van der Waals surface area contributed by atoms with Crippen LogP contribution in [0, 0.1) is 19.8 Å². The van der Waals surface area contributed by atoms with E-state index in [9.17, 15) is 9.59 Å². The van der Waals surface area contributed by atoms with Crippen molar-refractivity contribution in [2.75, 3.05) is 0 Å². The molecule has 0 aromatic heterocycles. The summed E-state index contributed by atoms with van der Waals surface area (Å²) in [5, 5.41) is 8.74. The third-order valence-corrected chi connectivity index (χ3v) is 2.60. The molecule has 0 aliphatic rings. The van der Waals surface area contributed by atoms with Gasteiger partial charge in [-0.05, 0) is 19.4 Å². The molecule has 1 unspecified atom stereocenters. The van der Waals surface area contributed by atoms with Crippen molar-refractivity contribution in [2.45, 2.75) is 27.2 Å². The second kappa shape index (κ2) is 4.92. The van der Waals surface area contributed by atoms with E-state index in [2.05, 4.69) is 0 Å². The molecule has 0 aliphatic heterocycles. The van der Waals surface area contributed by atoms with Crippen LogP contribution in [0.15, 0.2) is 18.2 Å². The van der Waals surface area contributed by atoms with Crippen molar-refractivity contribution in [3.63, 3.8) is 0 Å². The summed E-state index contributed by atoms with van der Waals surface area (Å²) < 4.78 is 0. The summed E-state index contributed by atoms with van der Waals surface area (Å²) in [6.07, 6.45) is 0.0548. The number of ketones is 1. The Morgan fingerprint density at radius 1 is 1.31 bits per heavy atom. The third kappa shape index (κ3) is 2.92. The Bertz CT molecular complexity index is 421. The molecule has 0 amide bonds. The monoisotopic (exact) mass is 220 g/mol. The standard InChI is InChI=1S/C13H16O3/c1-8-4-5-11(9(2)6-8)12(14)7-10(3)13(15)16/h4-6,10H,7H2,1-3H3,(H,15,16). The summed E-state index contributed by atoms with van der Waals surface area (Å²) in [7, 11) is 0. The lowest BCUT2D eigenvalue weighted by Gasteiger charge is -2.08. The van der Waals surface area contributed by atoms with Crippen molar-refractivity contribution in [2.24, 2.45) is 5.92 Å². The van der Waals surface area contributed by atoms with Crippen LogP contribution < -0.4 is 0 Å². The molecule has 16 heavy (non-hydrogen) atoms. The first kappa shape index (κ1) is 12.4. The Hall–Kier alpha value is -1.64. The van der Waals surface area contributed by atoms with Crippen molar-refractivity contribution in [3.05, 3.63) is 34.9 Å². The molecule has 0 spiro atoms. The second-order valence-electron chi connectivity index (χ2n) is 4.18. The average molecular weight is 220 g/mol. The molecule has 3 nitrogen and oxygen atoms in total. The van der Waals surface area contributed by atoms with Gasteiger partial charge in [-0.3, -0.25) is 9.59 Å². The molecule has 0 fully saturated rings. The van der Waals surface area contributed by atoms with E-state index in [1.807, 2.05) is 26.0 Å². The van der Waals surface area contributed by atoms with Crippen molar-refractivity contribution in [3.8, 4) is 0 Å². The zero-order chi connectivity index (χ0) is 12.3. The Balaban J connectivity index is 2.85. The van der Waals surface area contributed by atoms with Gasteiger partial charge in [-0.25, -0.2) is 0 Å². The second-order valence-corrected chi connectivity index (χ2v) is 4.18. The maximum atomic E-state index is 11.8. The zero-order valence-corrected chi connectivity index (χ0v) is 9.78. The highest BCUT2D eigenvalue weighted by Gasteiger charge is 2.17. The number of aryl methyl sites for hydroxylation is 2. The number of carboxylic acids is 1. The molecule has 0 saturated carbocycles. The van der Waals surface area contributed by atoms with Crippen molar-refractivity contribution >= 4 is 11.8 Å². The fourth-order valence-electron chi connectivity index (χ4n) is 1.60. The number of carboxylic acid groups (broad SMARTS) is 1. The highest BCUT2D eigenvalue weighted by molar-refractivity contribution is 5.99. The van der Waals surface area contributed by atoms with Gasteiger partial charge in [-0.2, -0.15) is 0 Å². The van der Waals surface area contributed by atoms with Crippen LogP contribution in [-0.4, -0.2) is 16.9 Å². The summed E-state index contributed by atoms with van der Waals surface area (Å²) in [4.78, 5) is 22.5. The van der Waals surface area contributed by atoms with Gasteiger partial charge in [0.2, 0.25) is 0 Å². The first-order chi connectivity index (χ1) is 7.41. The Morgan fingerprint density at radius 2 is 1.94 bits per heavy atom. The lowest BCUT2D eigenvalue weighted by Crippen LogP contribution is -2.15. The fourth-order valence-corrected chi connectivity index (χ4v) is 1.60. The number of benzene rings is 1. The minimum absolute atomic E-state index is 0.0548. The summed E-state index contributed by atoms with van der Waals surface area (Å²) in [5.74, 6) is -1.67. The molecule has 86 valence electrons. The van der Waals surface area contributed by atoms with Crippen LogP contribution in [-0.2, 0) is 4.79 Å². The zero-order valence-electron chi connectivity index (χ0n) is 9.78. The Kier molecular flexibility index (Phi) is 3.82. The molecule has 3 heteroatoms. The number of hydrogen-bond donors (Lipinski definition) is 1. The van der Waals surface area contributed by atoms with E-state index in [1.165, 1.54) is 0 Å². The highest BCUT2D eigenvalue weighted by Crippen LogP contribution is 2.15. The summed E-state index contributed by atoms with van der Waals surface area (Å²) in [5.41, 5.74) is 2.63. The van der Waals surface area contributed by atoms with Gasteiger partial charge in [0.15, 0.2) is 5.78 Å². The number of rotatable bonds is 4. The maximum absolute atomic E-state index is 11.8. The maximum Gasteiger partial charge on any atom is 0.306 e. The average Bonchev–Trinajstić information content (AvgIpc) is 2.16. The molecule has 1 atom stereocenters. The van der Waals surface area contributed by atoms with E-state index >= 15 is 0 Å². The minimum Gasteiger partial charge on any atom is -0.481 e. The lowest BCUT2D eigenvalue weighted by molar-refractivity contribution is -0.141. The largest absolute Gasteiger partial charge is 0.481 e. The van der Waals surface area contributed by atoms with Crippen LogP contribution in [0.4, 0.5) is 0 Å². The molecule has 0 heterocycles. The van der Waals surface area contributed by atoms with Gasteiger partial charge >= 0.3 is 5.97 Å².